The Morgan fingerprint density at radius 3 is 2.78 bits per heavy atom. The predicted octanol–water partition coefficient (Wildman–Crippen LogP) is 1.47. The second kappa shape index (κ2) is 5.14. The molecule has 0 aromatic heterocycles. The summed E-state index contributed by atoms with van der Waals surface area (Å²) in [6.45, 7) is 0.577. The third-order valence-electron chi connectivity index (χ3n) is 2.68. The molecular formula is C11H12INO4S. The van der Waals surface area contributed by atoms with Gasteiger partial charge < -0.3 is 4.74 Å². The van der Waals surface area contributed by atoms with Gasteiger partial charge in [0.2, 0.25) is 0 Å². The van der Waals surface area contributed by atoms with Crippen LogP contribution < -0.4 is 0 Å². The summed E-state index contributed by atoms with van der Waals surface area (Å²) in [7, 11) is -2.13. The number of carbonyl (C=O) groups is 1. The molecular weight excluding hydrogens is 369 g/mol. The molecule has 0 N–H and O–H groups in total. The minimum atomic E-state index is -3.67. The summed E-state index contributed by atoms with van der Waals surface area (Å²) < 4.78 is 31.0. The van der Waals surface area contributed by atoms with Crippen LogP contribution in [0.4, 0.5) is 0 Å². The highest BCUT2D eigenvalue weighted by molar-refractivity contribution is 14.1. The number of rotatable bonds is 4. The Morgan fingerprint density at radius 2 is 2.11 bits per heavy atom. The molecule has 0 aliphatic carbocycles. The van der Waals surface area contributed by atoms with Gasteiger partial charge in [-0.25, -0.2) is 12.7 Å². The second-order valence-corrected chi connectivity index (χ2v) is 6.95. The molecule has 1 amide bonds. The van der Waals surface area contributed by atoms with E-state index in [9.17, 15) is 13.2 Å². The monoisotopic (exact) mass is 381 g/mol. The molecule has 1 heterocycles. The van der Waals surface area contributed by atoms with Gasteiger partial charge in [-0.3, -0.25) is 4.79 Å². The molecule has 0 spiro atoms. The number of fused-ring (bicyclic) bond motifs is 1. The van der Waals surface area contributed by atoms with Crippen LogP contribution in [-0.4, -0.2) is 38.9 Å². The Bertz CT molecular complexity index is 585. The summed E-state index contributed by atoms with van der Waals surface area (Å²) in [5.74, 6) is -0.445. The number of carbonyl (C=O) groups excluding carboxylic acids is 1. The maximum atomic E-state index is 12.2. The van der Waals surface area contributed by atoms with Crippen LogP contribution in [0.15, 0.2) is 23.1 Å². The Hall–Kier alpha value is -0.670. The first-order valence-corrected chi connectivity index (χ1v) is 7.86. The highest BCUT2D eigenvalue weighted by Gasteiger charge is 2.40. The number of nitrogens with zero attached hydrogens (tertiary/aromatic N) is 1. The van der Waals surface area contributed by atoms with Gasteiger partial charge in [0.25, 0.3) is 15.9 Å². The van der Waals surface area contributed by atoms with Gasteiger partial charge in [0.05, 0.1) is 5.56 Å². The van der Waals surface area contributed by atoms with Gasteiger partial charge in [0.1, 0.15) is 4.90 Å². The van der Waals surface area contributed by atoms with Crippen molar-refractivity contribution in [1.29, 1.82) is 0 Å². The van der Waals surface area contributed by atoms with E-state index in [0.29, 0.717) is 13.0 Å². The van der Waals surface area contributed by atoms with Crippen molar-refractivity contribution in [3.63, 3.8) is 0 Å². The topological polar surface area (TPSA) is 63.7 Å². The van der Waals surface area contributed by atoms with E-state index in [-0.39, 0.29) is 17.0 Å². The van der Waals surface area contributed by atoms with Crippen LogP contribution in [0.5, 0.6) is 0 Å². The number of hydrogen-bond donors (Lipinski definition) is 0. The van der Waals surface area contributed by atoms with E-state index < -0.39 is 15.9 Å². The number of sulfonamides is 1. The van der Waals surface area contributed by atoms with Crippen molar-refractivity contribution in [3.8, 4) is 0 Å². The molecule has 0 fully saturated rings. The van der Waals surface area contributed by atoms with E-state index in [1.165, 1.54) is 13.2 Å². The summed E-state index contributed by atoms with van der Waals surface area (Å²) in [4.78, 5) is 12.2. The van der Waals surface area contributed by atoms with Crippen molar-refractivity contribution in [1.82, 2.24) is 4.31 Å². The zero-order valence-electron chi connectivity index (χ0n) is 9.72. The van der Waals surface area contributed by atoms with Crippen molar-refractivity contribution in [2.45, 2.75) is 11.3 Å². The first-order chi connectivity index (χ1) is 8.48. The van der Waals surface area contributed by atoms with Crippen molar-refractivity contribution in [3.05, 3.63) is 27.3 Å². The van der Waals surface area contributed by atoms with Crippen LogP contribution in [0.3, 0.4) is 0 Å². The Labute approximate surface area is 119 Å². The minimum absolute atomic E-state index is 0.102. The average molecular weight is 381 g/mol. The van der Waals surface area contributed by atoms with E-state index in [4.69, 9.17) is 4.74 Å². The lowest BCUT2D eigenvalue weighted by Crippen LogP contribution is -2.31. The van der Waals surface area contributed by atoms with Crippen LogP contribution in [0, 0.1) is 3.57 Å². The second-order valence-electron chi connectivity index (χ2n) is 3.87. The lowest BCUT2D eigenvalue weighted by Gasteiger charge is -2.14. The van der Waals surface area contributed by atoms with Gasteiger partial charge in [-0.1, -0.05) is 0 Å². The first-order valence-electron chi connectivity index (χ1n) is 5.34. The number of hydrogen-bond acceptors (Lipinski definition) is 4. The van der Waals surface area contributed by atoms with Crippen LogP contribution in [0.2, 0.25) is 0 Å². The largest absolute Gasteiger partial charge is 0.385 e. The average Bonchev–Trinajstić information content (AvgIpc) is 2.50. The summed E-state index contributed by atoms with van der Waals surface area (Å²) in [5, 5.41) is 0. The summed E-state index contributed by atoms with van der Waals surface area (Å²) in [6, 6.07) is 4.77. The Balaban J connectivity index is 2.35. The van der Waals surface area contributed by atoms with Crippen LogP contribution in [-0.2, 0) is 14.8 Å². The fraction of sp³-hybridized carbons (Fsp3) is 0.364. The van der Waals surface area contributed by atoms with Crippen molar-refractivity contribution >= 4 is 38.5 Å². The maximum absolute atomic E-state index is 12.2. The van der Waals surface area contributed by atoms with E-state index in [1.54, 1.807) is 12.1 Å². The van der Waals surface area contributed by atoms with E-state index in [0.717, 1.165) is 7.88 Å². The summed E-state index contributed by atoms with van der Waals surface area (Å²) in [6.07, 6.45) is 0.493. The van der Waals surface area contributed by atoms with E-state index in [1.807, 2.05) is 0 Å². The molecule has 1 aromatic rings. The fourth-order valence-corrected chi connectivity index (χ4v) is 3.91. The molecule has 1 aliphatic heterocycles. The number of amides is 1. The summed E-state index contributed by atoms with van der Waals surface area (Å²) in [5.41, 5.74) is 0.263. The third kappa shape index (κ3) is 2.26. The predicted molar refractivity (Wildman–Crippen MR) is 73.9 cm³/mol. The third-order valence-corrected chi connectivity index (χ3v) is 5.19. The molecule has 0 atom stereocenters. The molecule has 98 valence electrons. The van der Waals surface area contributed by atoms with Gasteiger partial charge in [0.15, 0.2) is 0 Å². The van der Waals surface area contributed by atoms with Gasteiger partial charge >= 0.3 is 0 Å². The molecule has 0 bridgehead atoms. The highest BCUT2D eigenvalue weighted by atomic mass is 127. The summed E-state index contributed by atoms with van der Waals surface area (Å²) >= 11 is 2.05. The quantitative estimate of drug-likeness (QED) is 0.586. The molecule has 2 rings (SSSR count). The molecule has 0 saturated heterocycles. The molecule has 0 radical (unpaired) electrons. The van der Waals surface area contributed by atoms with Gasteiger partial charge in [-0.05, 0) is 47.2 Å². The highest BCUT2D eigenvalue weighted by Crippen LogP contribution is 2.31. The molecule has 5 nitrogen and oxygen atoms in total. The van der Waals surface area contributed by atoms with Crippen molar-refractivity contribution < 1.29 is 17.9 Å². The van der Waals surface area contributed by atoms with Gasteiger partial charge in [0, 0.05) is 23.8 Å². The van der Waals surface area contributed by atoms with E-state index in [2.05, 4.69) is 22.6 Å². The smallest absolute Gasteiger partial charge is 0.269 e. The SMILES string of the molecule is COCCCN1C(=O)c2cc(I)ccc2S1(=O)=O. The van der Waals surface area contributed by atoms with Gasteiger partial charge in [-0.2, -0.15) is 0 Å². The lowest BCUT2D eigenvalue weighted by atomic mass is 10.2. The van der Waals surface area contributed by atoms with Crippen LogP contribution >= 0.6 is 22.6 Å². The molecule has 0 saturated carbocycles. The lowest BCUT2D eigenvalue weighted by molar-refractivity contribution is 0.0860. The number of ether oxygens (including phenoxy) is 1. The molecule has 1 aliphatic rings. The maximum Gasteiger partial charge on any atom is 0.269 e. The molecule has 0 unspecified atom stereocenters. The Kier molecular flexibility index (Phi) is 3.93. The van der Waals surface area contributed by atoms with Gasteiger partial charge in [-0.15, -0.1) is 0 Å². The molecule has 1 aromatic carbocycles. The normalized spacial score (nSPS) is 17.0. The van der Waals surface area contributed by atoms with E-state index >= 15 is 0 Å². The zero-order chi connectivity index (χ0) is 13.3. The fourth-order valence-electron chi connectivity index (χ4n) is 1.83. The number of methoxy groups -OCH3 is 1. The first kappa shape index (κ1) is 13.8. The standard InChI is InChI=1S/C11H12INO4S/c1-17-6-2-5-13-11(14)9-7-8(12)3-4-10(9)18(13,15)16/h3-4,7H,2,5-6H2,1H3. The number of halogens is 1. The van der Waals surface area contributed by atoms with Crippen LogP contribution in [0.1, 0.15) is 16.8 Å². The molecule has 7 heteroatoms. The minimum Gasteiger partial charge on any atom is -0.385 e. The zero-order valence-corrected chi connectivity index (χ0v) is 12.7. The van der Waals surface area contributed by atoms with Crippen LogP contribution in [0.25, 0.3) is 0 Å². The number of benzene rings is 1. The van der Waals surface area contributed by atoms with Crippen molar-refractivity contribution in [2.24, 2.45) is 0 Å². The van der Waals surface area contributed by atoms with Crippen molar-refractivity contribution in [2.75, 3.05) is 20.3 Å². The molecule has 18 heavy (non-hydrogen) atoms. The Morgan fingerprint density at radius 1 is 1.39 bits per heavy atom.